The molecule has 0 saturated heterocycles. The smallest absolute Gasteiger partial charge is 0.297 e. The van der Waals surface area contributed by atoms with Crippen LogP contribution in [0.25, 0.3) is 11.2 Å². The van der Waals surface area contributed by atoms with Gasteiger partial charge in [-0.2, -0.15) is 10.1 Å². The van der Waals surface area contributed by atoms with Crippen LogP contribution in [-0.4, -0.2) is 24.4 Å². The Morgan fingerprint density at radius 3 is 2.39 bits per heavy atom. The molecule has 31 heavy (non-hydrogen) atoms. The lowest BCUT2D eigenvalue weighted by Crippen LogP contribution is -2.38. The molecule has 1 aliphatic rings. The molecule has 0 radical (unpaired) electrons. The molecule has 0 aliphatic carbocycles. The Labute approximate surface area is 176 Å². The van der Waals surface area contributed by atoms with Crippen molar-refractivity contribution in [3.05, 3.63) is 92.4 Å². The summed E-state index contributed by atoms with van der Waals surface area (Å²) in [6, 6.07) is 15.8. The Hall–Kier alpha value is -4.01. The van der Waals surface area contributed by atoms with Crippen molar-refractivity contribution in [1.29, 1.82) is 0 Å². The fourth-order valence-electron chi connectivity index (χ4n) is 3.80. The minimum atomic E-state index is -0.442. The van der Waals surface area contributed by atoms with Crippen molar-refractivity contribution in [3.63, 3.8) is 0 Å². The molecule has 2 aromatic heterocycles. The molecule has 0 atom stereocenters. The van der Waals surface area contributed by atoms with E-state index in [0.29, 0.717) is 30.2 Å². The minimum absolute atomic E-state index is 0.303. The highest BCUT2D eigenvalue weighted by Crippen LogP contribution is 2.26. The van der Waals surface area contributed by atoms with Crippen LogP contribution in [0.3, 0.4) is 0 Å². The third kappa shape index (κ3) is 3.05. The number of halogens is 1. The van der Waals surface area contributed by atoms with Crippen molar-refractivity contribution in [1.82, 2.24) is 18.7 Å². The van der Waals surface area contributed by atoms with Gasteiger partial charge in [-0.05, 0) is 23.3 Å². The predicted octanol–water partition coefficient (Wildman–Crippen LogP) is 2.00. The molecule has 0 N–H and O–H groups in total. The van der Waals surface area contributed by atoms with Gasteiger partial charge in [0.25, 0.3) is 5.56 Å². The van der Waals surface area contributed by atoms with E-state index < -0.39 is 11.2 Å². The standard InChI is InChI=1S/C22H19FN6O2/c1-26-19-18(20(30)27(2)22(26)31)28-13-17(15-6-4-3-5-7-15)25-29(21(28)24-19)12-14-8-10-16(23)11-9-14/h3-11H,12-13H2,1-2H3. The van der Waals surface area contributed by atoms with E-state index >= 15 is 0 Å². The number of hydrogen-bond donors (Lipinski definition) is 0. The summed E-state index contributed by atoms with van der Waals surface area (Å²) >= 11 is 0. The van der Waals surface area contributed by atoms with Crippen LogP contribution in [0.1, 0.15) is 11.1 Å². The van der Waals surface area contributed by atoms with Gasteiger partial charge in [-0.1, -0.05) is 42.5 Å². The fourth-order valence-corrected chi connectivity index (χ4v) is 3.80. The average Bonchev–Trinajstić information content (AvgIpc) is 3.18. The second-order valence-corrected chi connectivity index (χ2v) is 7.47. The zero-order chi connectivity index (χ0) is 21.7. The number of anilines is 1. The normalized spacial score (nSPS) is 13.4. The van der Waals surface area contributed by atoms with E-state index in [1.165, 1.54) is 23.7 Å². The summed E-state index contributed by atoms with van der Waals surface area (Å²) in [6.07, 6.45) is 0. The lowest BCUT2D eigenvalue weighted by Gasteiger charge is -2.26. The first-order chi connectivity index (χ1) is 14.9. The van der Waals surface area contributed by atoms with Crippen molar-refractivity contribution >= 4 is 22.8 Å². The van der Waals surface area contributed by atoms with Gasteiger partial charge in [0, 0.05) is 14.1 Å². The van der Waals surface area contributed by atoms with Crippen LogP contribution in [0, 0.1) is 5.82 Å². The van der Waals surface area contributed by atoms with Crippen LogP contribution in [-0.2, 0) is 27.2 Å². The van der Waals surface area contributed by atoms with Crippen molar-refractivity contribution < 1.29 is 4.39 Å². The topological polar surface area (TPSA) is 77.4 Å². The van der Waals surface area contributed by atoms with Gasteiger partial charge in [-0.3, -0.25) is 18.5 Å². The van der Waals surface area contributed by atoms with Crippen LogP contribution in [0.5, 0.6) is 0 Å². The zero-order valence-corrected chi connectivity index (χ0v) is 17.0. The molecule has 0 fully saturated rings. The molecule has 5 rings (SSSR count). The Morgan fingerprint density at radius 2 is 1.68 bits per heavy atom. The van der Waals surface area contributed by atoms with Gasteiger partial charge in [0.2, 0.25) is 5.95 Å². The van der Waals surface area contributed by atoms with E-state index in [1.54, 1.807) is 28.8 Å². The van der Waals surface area contributed by atoms with Crippen LogP contribution >= 0.6 is 0 Å². The molecule has 0 bridgehead atoms. The molecular weight excluding hydrogens is 399 g/mol. The minimum Gasteiger partial charge on any atom is -0.297 e. The van der Waals surface area contributed by atoms with Crippen molar-refractivity contribution in [2.75, 3.05) is 5.01 Å². The highest BCUT2D eigenvalue weighted by atomic mass is 19.1. The van der Waals surface area contributed by atoms with Crippen LogP contribution < -0.4 is 16.3 Å². The summed E-state index contributed by atoms with van der Waals surface area (Å²) in [5, 5.41) is 6.47. The quantitative estimate of drug-likeness (QED) is 0.510. The monoisotopic (exact) mass is 418 g/mol. The first-order valence-corrected chi connectivity index (χ1v) is 9.75. The number of fused-ring (bicyclic) bond motifs is 3. The fraction of sp³-hybridized carbons (Fsp3) is 0.182. The SMILES string of the molecule is Cn1c(=O)c2c(nc3n2CC(c2ccccc2)=NN3Cc2ccc(F)cc2)n(C)c1=O. The van der Waals surface area contributed by atoms with Crippen molar-refractivity contribution in [3.8, 4) is 0 Å². The van der Waals surface area contributed by atoms with E-state index in [2.05, 4.69) is 4.98 Å². The molecule has 156 valence electrons. The predicted molar refractivity (Wildman–Crippen MR) is 116 cm³/mol. The van der Waals surface area contributed by atoms with Gasteiger partial charge >= 0.3 is 5.69 Å². The third-order valence-electron chi connectivity index (χ3n) is 5.46. The van der Waals surface area contributed by atoms with Crippen LogP contribution in [0.4, 0.5) is 10.3 Å². The first-order valence-electron chi connectivity index (χ1n) is 9.75. The number of nitrogens with zero attached hydrogens (tertiary/aromatic N) is 6. The summed E-state index contributed by atoms with van der Waals surface area (Å²) in [7, 11) is 3.04. The summed E-state index contributed by atoms with van der Waals surface area (Å²) in [4.78, 5) is 30.0. The molecule has 4 aromatic rings. The van der Waals surface area contributed by atoms with Crippen molar-refractivity contribution in [2.45, 2.75) is 13.1 Å². The number of benzene rings is 2. The molecule has 2 aromatic carbocycles. The third-order valence-corrected chi connectivity index (χ3v) is 5.46. The van der Waals surface area contributed by atoms with Gasteiger partial charge in [-0.15, -0.1) is 0 Å². The maximum Gasteiger partial charge on any atom is 0.332 e. The van der Waals surface area contributed by atoms with Gasteiger partial charge in [-0.25, -0.2) is 14.2 Å². The maximum absolute atomic E-state index is 13.4. The number of hydrogen-bond acceptors (Lipinski definition) is 5. The number of rotatable bonds is 3. The summed E-state index contributed by atoms with van der Waals surface area (Å²) < 4.78 is 17.6. The Bertz CT molecular complexity index is 1450. The second kappa shape index (κ2) is 7.05. The Morgan fingerprint density at radius 1 is 0.968 bits per heavy atom. The lowest BCUT2D eigenvalue weighted by molar-refractivity contribution is 0.626. The summed E-state index contributed by atoms with van der Waals surface area (Å²) in [5.41, 5.74) is 2.30. The Kier molecular flexibility index (Phi) is 4.32. The molecule has 3 heterocycles. The van der Waals surface area contributed by atoms with Gasteiger partial charge in [0.05, 0.1) is 18.8 Å². The molecule has 9 heteroatoms. The lowest BCUT2D eigenvalue weighted by atomic mass is 10.1. The van der Waals surface area contributed by atoms with E-state index in [4.69, 9.17) is 5.10 Å². The summed E-state index contributed by atoms with van der Waals surface area (Å²) in [5.74, 6) is 0.138. The van der Waals surface area contributed by atoms with Gasteiger partial charge < -0.3 is 0 Å². The molecule has 1 aliphatic heterocycles. The van der Waals surface area contributed by atoms with E-state index in [0.717, 1.165) is 21.4 Å². The second-order valence-electron chi connectivity index (χ2n) is 7.47. The van der Waals surface area contributed by atoms with Crippen LogP contribution in [0.15, 0.2) is 69.3 Å². The highest BCUT2D eigenvalue weighted by molar-refractivity contribution is 6.02. The van der Waals surface area contributed by atoms with Gasteiger partial charge in [0.15, 0.2) is 11.2 Å². The zero-order valence-electron chi connectivity index (χ0n) is 17.0. The molecule has 0 amide bonds. The molecule has 0 saturated carbocycles. The number of imidazole rings is 1. The molecule has 8 nitrogen and oxygen atoms in total. The molecule has 0 unspecified atom stereocenters. The number of aryl methyl sites for hydroxylation is 1. The highest BCUT2D eigenvalue weighted by Gasteiger charge is 2.27. The maximum atomic E-state index is 13.4. The van der Waals surface area contributed by atoms with E-state index in [1.807, 2.05) is 30.3 Å². The number of hydrazone groups is 1. The average molecular weight is 418 g/mol. The summed E-state index contributed by atoms with van der Waals surface area (Å²) in [6.45, 7) is 0.664. The number of aromatic nitrogens is 4. The van der Waals surface area contributed by atoms with E-state index in [9.17, 15) is 14.0 Å². The first kappa shape index (κ1) is 19.0. The molecular formula is C22H19FN6O2. The van der Waals surface area contributed by atoms with Crippen molar-refractivity contribution in [2.24, 2.45) is 19.2 Å². The van der Waals surface area contributed by atoms with Crippen LogP contribution in [0.2, 0.25) is 0 Å². The Balaban J connectivity index is 1.73. The largest absolute Gasteiger partial charge is 0.332 e. The van der Waals surface area contributed by atoms with Gasteiger partial charge in [0.1, 0.15) is 5.82 Å². The molecule has 0 spiro atoms. The van der Waals surface area contributed by atoms with E-state index in [-0.39, 0.29) is 5.82 Å².